The third-order valence-corrected chi connectivity index (χ3v) is 4.64. The number of benzene rings is 1. The van der Waals surface area contributed by atoms with Crippen molar-refractivity contribution in [3.63, 3.8) is 0 Å². The minimum atomic E-state index is -0.138. The van der Waals surface area contributed by atoms with E-state index in [1.54, 1.807) is 6.07 Å². The van der Waals surface area contributed by atoms with Crippen molar-refractivity contribution in [1.29, 1.82) is 0 Å². The lowest BCUT2D eigenvalue weighted by Crippen LogP contribution is -2.42. The molecule has 4 rings (SSSR count). The van der Waals surface area contributed by atoms with Crippen molar-refractivity contribution in [1.82, 2.24) is 10.6 Å². The first-order valence-corrected chi connectivity index (χ1v) is 7.72. The van der Waals surface area contributed by atoms with Crippen LogP contribution >= 0.6 is 24.8 Å². The Hall–Kier alpha value is -1.69. The average Bonchev–Trinajstić information content (AvgIpc) is 3.24. The normalized spacial score (nSPS) is 24.1. The van der Waals surface area contributed by atoms with Crippen LogP contribution in [0, 0.1) is 0 Å². The van der Waals surface area contributed by atoms with Gasteiger partial charge in [-0.15, -0.1) is 24.8 Å². The summed E-state index contributed by atoms with van der Waals surface area (Å²) in [5, 5.41) is 6.60. The molecule has 1 amide bonds. The van der Waals surface area contributed by atoms with Crippen LogP contribution in [0.2, 0.25) is 0 Å². The second-order valence-electron chi connectivity index (χ2n) is 6.15. The third-order valence-electron chi connectivity index (χ3n) is 4.64. The summed E-state index contributed by atoms with van der Waals surface area (Å²) >= 11 is 0. The molecule has 0 radical (unpaired) electrons. The van der Waals surface area contributed by atoms with Crippen LogP contribution in [0.5, 0.6) is 0 Å². The molecule has 0 spiro atoms. The standard InChI is InChI=1S/C17H19N3O2.2ClH/c18-11-3-1-10(2-4-11)15-7-8-16(22-15)17(21)20-14-9-12-5-6-13(14)19-12;;/h1-4,7-8,12-14,19H,5-6,9,18H2,(H,20,21);2*1H/t12-,13+,14-;;/m1../s1. The Balaban J connectivity index is 0.00000104. The molecule has 130 valence electrons. The highest BCUT2D eigenvalue weighted by Gasteiger charge is 2.39. The summed E-state index contributed by atoms with van der Waals surface area (Å²) < 4.78 is 5.69. The van der Waals surface area contributed by atoms with Gasteiger partial charge in [0, 0.05) is 29.4 Å². The van der Waals surface area contributed by atoms with E-state index < -0.39 is 0 Å². The summed E-state index contributed by atoms with van der Waals surface area (Å²) in [7, 11) is 0. The minimum Gasteiger partial charge on any atom is -0.451 e. The number of anilines is 1. The first-order valence-electron chi connectivity index (χ1n) is 7.72. The molecule has 24 heavy (non-hydrogen) atoms. The number of amides is 1. The van der Waals surface area contributed by atoms with Crippen LogP contribution in [0.25, 0.3) is 11.3 Å². The molecule has 2 aliphatic heterocycles. The maximum absolute atomic E-state index is 12.3. The van der Waals surface area contributed by atoms with E-state index >= 15 is 0 Å². The molecule has 3 heterocycles. The molecule has 2 aliphatic rings. The topological polar surface area (TPSA) is 80.3 Å². The molecular formula is C17H21Cl2N3O2. The molecule has 3 atom stereocenters. The number of nitrogens with one attached hydrogen (secondary N) is 2. The number of fused-ring (bicyclic) bond motifs is 2. The molecule has 5 nitrogen and oxygen atoms in total. The largest absolute Gasteiger partial charge is 0.451 e. The van der Waals surface area contributed by atoms with Crippen molar-refractivity contribution in [2.24, 2.45) is 0 Å². The Bertz CT molecular complexity index is 702. The number of nitrogen functional groups attached to an aromatic ring is 1. The highest BCUT2D eigenvalue weighted by molar-refractivity contribution is 5.92. The van der Waals surface area contributed by atoms with Gasteiger partial charge in [0.25, 0.3) is 5.91 Å². The fourth-order valence-electron chi connectivity index (χ4n) is 3.49. The van der Waals surface area contributed by atoms with Gasteiger partial charge < -0.3 is 20.8 Å². The molecule has 0 saturated carbocycles. The maximum atomic E-state index is 12.3. The van der Waals surface area contributed by atoms with Crippen LogP contribution < -0.4 is 16.4 Å². The first kappa shape index (κ1) is 18.6. The predicted molar refractivity (Wildman–Crippen MR) is 98.9 cm³/mol. The van der Waals surface area contributed by atoms with E-state index in [4.69, 9.17) is 10.2 Å². The maximum Gasteiger partial charge on any atom is 0.287 e. The van der Waals surface area contributed by atoms with Crippen molar-refractivity contribution in [2.75, 3.05) is 5.73 Å². The number of nitrogens with two attached hydrogens (primary N) is 1. The summed E-state index contributed by atoms with van der Waals surface area (Å²) in [5.41, 5.74) is 7.30. The fraction of sp³-hybridized carbons (Fsp3) is 0.353. The van der Waals surface area contributed by atoms with Gasteiger partial charge in [0.05, 0.1) is 0 Å². The highest BCUT2D eigenvalue weighted by atomic mass is 35.5. The summed E-state index contributed by atoms with van der Waals surface area (Å²) in [4.78, 5) is 12.3. The van der Waals surface area contributed by atoms with Crippen LogP contribution in [0.3, 0.4) is 0 Å². The molecule has 4 N–H and O–H groups in total. The van der Waals surface area contributed by atoms with Crippen LogP contribution in [0.4, 0.5) is 5.69 Å². The molecule has 1 aromatic carbocycles. The van der Waals surface area contributed by atoms with E-state index in [9.17, 15) is 4.79 Å². The monoisotopic (exact) mass is 369 g/mol. The van der Waals surface area contributed by atoms with Gasteiger partial charge in [0.2, 0.25) is 0 Å². The molecule has 2 fully saturated rings. The number of hydrogen-bond acceptors (Lipinski definition) is 4. The highest BCUT2D eigenvalue weighted by Crippen LogP contribution is 2.29. The number of rotatable bonds is 3. The van der Waals surface area contributed by atoms with Crippen molar-refractivity contribution in [2.45, 2.75) is 37.4 Å². The summed E-state index contributed by atoms with van der Waals surface area (Å²) in [6, 6.07) is 12.2. The van der Waals surface area contributed by atoms with Gasteiger partial charge in [0.1, 0.15) is 5.76 Å². The van der Waals surface area contributed by atoms with Gasteiger partial charge >= 0.3 is 0 Å². The predicted octanol–water partition coefficient (Wildman–Crippen LogP) is 3.00. The molecule has 0 aliphatic carbocycles. The quantitative estimate of drug-likeness (QED) is 0.726. The van der Waals surface area contributed by atoms with Gasteiger partial charge in [-0.1, -0.05) is 0 Å². The minimum absolute atomic E-state index is 0. The number of carbonyl (C=O) groups excluding carboxylic acids is 1. The average molecular weight is 370 g/mol. The lowest BCUT2D eigenvalue weighted by atomic mass is 9.95. The van der Waals surface area contributed by atoms with E-state index in [0.29, 0.717) is 29.3 Å². The molecular weight excluding hydrogens is 349 g/mol. The van der Waals surface area contributed by atoms with E-state index in [1.165, 1.54) is 6.42 Å². The lowest BCUT2D eigenvalue weighted by Gasteiger charge is -2.20. The van der Waals surface area contributed by atoms with E-state index in [0.717, 1.165) is 18.4 Å². The fourth-order valence-corrected chi connectivity index (χ4v) is 3.49. The number of carbonyl (C=O) groups is 1. The van der Waals surface area contributed by atoms with Crippen molar-refractivity contribution >= 4 is 36.4 Å². The van der Waals surface area contributed by atoms with Gasteiger partial charge in [-0.2, -0.15) is 0 Å². The first-order chi connectivity index (χ1) is 10.7. The van der Waals surface area contributed by atoms with Gasteiger partial charge in [-0.3, -0.25) is 4.79 Å². The Morgan fingerprint density at radius 1 is 1.12 bits per heavy atom. The Kier molecular flexibility index (Phi) is 5.80. The van der Waals surface area contributed by atoms with Crippen LogP contribution in [0.1, 0.15) is 29.8 Å². The zero-order valence-electron chi connectivity index (χ0n) is 13.0. The number of furan rings is 1. The van der Waals surface area contributed by atoms with Crippen molar-refractivity contribution < 1.29 is 9.21 Å². The van der Waals surface area contributed by atoms with Crippen LogP contribution in [-0.2, 0) is 0 Å². The zero-order chi connectivity index (χ0) is 15.1. The number of hydrogen-bond donors (Lipinski definition) is 3. The Morgan fingerprint density at radius 3 is 2.50 bits per heavy atom. The second kappa shape index (κ2) is 7.47. The smallest absolute Gasteiger partial charge is 0.287 e. The molecule has 2 saturated heterocycles. The van der Waals surface area contributed by atoms with E-state index in [2.05, 4.69) is 10.6 Å². The number of halogens is 2. The lowest BCUT2D eigenvalue weighted by molar-refractivity contribution is 0.0903. The van der Waals surface area contributed by atoms with Gasteiger partial charge in [-0.25, -0.2) is 0 Å². The van der Waals surface area contributed by atoms with E-state index in [-0.39, 0.29) is 36.8 Å². The second-order valence-corrected chi connectivity index (χ2v) is 6.15. The summed E-state index contributed by atoms with van der Waals surface area (Å²) in [6.07, 6.45) is 3.38. The van der Waals surface area contributed by atoms with Crippen molar-refractivity contribution in [3.8, 4) is 11.3 Å². The van der Waals surface area contributed by atoms with Gasteiger partial charge in [-0.05, 0) is 55.7 Å². The van der Waals surface area contributed by atoms with Gasteiger partial charge in [0.15, 0.2) is 5.76 Å². The van der Waals surface area contributed by atoms with Crippen molar-refractivity contribution in [3.05, 3.63) is 42.2 Å². The SMILES string of the molecule is Cl.Cl.Nc1ccc(-c2ccc(C(=O)N[C@@H]3C[C@H]4CC[C@@H]3N4)o2)cc1. The molecule has 7 heteroatoms. The Morgan fingerprint density at radius 2 is 1.88 bits per heavy atom. The Labute approximate surface area is 153 Å². The van der Waals surface area contributed by atoms with Crippen LogP contribution in [0.15, 0.2) is 40.8 Å². The summed E-state index contributed by atoms with van der Waals surface area (Å²) in [6.45, 7) is 0. The molecule has 0 unspecified atom stereocenters. The van der Waals surface area contributed by atoms with E-state index in [1.807, 2.05) is 30.3 Å². The summed E-state index contributed by atoms with van der Waals surface area (Å²) in [5.74, 6) is 0.895. The third kappa shape index (κ3) is 3.53. The molecule has 1 aromatic heterocycles. The molecule has 2 bridgehead atoms. The zero-order valence-corrected chi connectivity index (χ0v) is 14.7. The van der Waals surface area contributed by atoms with Crippen LogP contribution in [-0.4, -0.2) is 24.0 Å². The molecule has 2 aromatic rings.